The Bertz CT molecular complexity index is 737. The van der Waals surface area contributed by atoms with Crippen molar-refractivity contribution in [3.8, 4) is 0 Å². The van der Waals surface area contributed by atoms with Gasteiger partial charge in [-0.1, -0.05) is 6.07 Å². The number of aryl methyl sites for hydroxylation is 2. The zero-order valence-electron chi connectivity index (χ0n) is 16.8. The van der Waals surface area contributed by atoms with Gasteiger partial charge in [-0.2, -0.15) is 0 Å². The van der Waals surface area contributed by atoms with Gasteiger partial charge < -0.3 is 30.6 Å². The first-order valence-corrected chi connectivity index (χ1v) is 10.1. The average Bonchev–Trinajstić information content (AvgIpc) is 2.94. The summed E-state index contributed by atoms with van der Waals surface area (Å²) in [6, 6.07) is 5.29. The molecule has 0 unspecified atom stereocenters. The van der Waals surface area contributed by atoms with Crippen LogP contribution in [0.2, 0.25) is 0 Å². The fourth-order valence-corrected chi connectivity index (χ4v) is 4.63. The number of amides is 1. The Kier molecular flexibility index (Phi) is 6.24. The van der Waals surface area contributed by atoms with Crippen LogP contribution >= 0.6 is 12.2 Å². The smallest absolute Gasteiger partial charge is 0.225 e. The molecule has 5 atom stereocenters. The normalized spacial score (nSPS) is 29.6. The number of nitrogens with zero attached hydrogens (tertiary/aromatic N) is 2. The average molecular weight is 407 g/mol. The summed E-state index contributed by atoms with van der Waals surface area (Å²) in [5.41, 5.74) is 3.10. The minimum Gasteiger partial charge on any atom is -0.390 e. The number of fused-ring (bicyclic) bond motifs is 1. The molecule has 3 rings (SSSR count). The third-order valence-electron chi connectivity index (χ3n) is 5.52. The first-order valence-electron chi connectivity index (χ1n) is 9.65. The van der Waals surface area contributed by atoms with Crippen molar-refractivity contribution in [2.24, 2.45) is 5.92 Å². The van der Waals surface area contributed by atoms with E-state index < -0.39 is 24.2 Å². The minimum absolute atomic E-state index is 0.122. The Morgan fingerprint density at radius 2 is 1.93 bits per heavy atom. The third kappa shape index (κ3) is 4.15. The number of aliphatic hydroxyl groups is 2. The number of benzene rings is 1. The van der Waals surface area contributed by atoms with Gasteiger partial charge in [0.2, 0.25) is 5.91 Å². The van der Waals surface area contributed by atoms with Crippen LogP contribution < -0.4 is 15.5 Å². The largest absolute Gasteiger partial charge is 0.390 e. The van der Waals surface area contributed by atoms with Crippen LogP contribution in [0.3, 0.4) is 0 Å². The van der Waals surface area contributed by atoms with E-state index in [1.807, 2.05) is 49.9 Å². The van der Waals surface area contributed by atoms with Crippen LogP contribution in [-0.2, 0) is 4.79 Å². The molecule has 1 heterocycles. The predicted molar refractivity (Wildman–Crippen MR) is 113 cm³/mol. The monoisotopic (exact) mass is 406 g/mol. The quantitative estimate of drug-likeness (QED) is 0.518. The summed E-state index contributed by atoms with van der Waals surface area (Å²) in [6.07, 6.45) is -1.76. The number of carbonyl (C=O) groups is 1. The van der Waals surface area contributed by atoms with Crippen molar-refractivity contribution in [1.29, 1.82) is 0 Å². The molecule has 2 fully saturated rings. The molecule has 154 valence electrons. The fraction of sp³-hybridized carbons (Fsp3) is 0.600. The van der Waals surface area contributed by atoms with Crippen molar-refractivity contribution >= 4 is 28.9 Å². The summed E-state index contributed by atoms with van der Waals surface area (Å²) in [4.78, 5) is 16.9. The summed E-state index contributed by atoms with van der Waals surface area (Å²) >= 11 is 5.56. The van der Waals surface area contributed by atoms with E-state index in [1.165, 1.54) is 0 Å². The molecule has 28 heavy (non-hydrogen) atoms. The summed E-state index contributed by atoms with van der Waals surface area (Å²) in [5, 5.41) is 27.5. The standard InChI is InChI=1S/C20H30N4O3S/c1-11-7-12(2)9-13(8-11)24-17-14(19(27)21-5-6-23(3)4)10-15(25)18(26)16(17)22-20(24)28/h7-9,14-18,25-26H,5-6,10H2,1-4H3,(H,21,27)(H,22,28)/t14-,15-,16-,17+,18+/m1/s1. The second-order valence-corrected chi connectivity index (χ2v) is 8.56. The number of anilines is 1. The van der Waals surface area contributed by atoms with E-state index in [9.17, 15) is 15.0 Å². The van der Waals surface area contributed by atoms with E-state index >= 15 is 0 Å². The van der Waals surface area contributed by atoms with Gasteiger partial charge >= 0.3 is 0 Å². The van der Waals surface area contributed by atoms with Crippen molar-refractivity contribution < 1.29 is 15.0 Å². The molecule has 4 N–H and O–H groups in total. The van der Waals surface area contributed by atoms with Crippen molar-refractivity contribution in [2.45, 2.75) is 44.6 Å². The van der Waals surface area contributed by atoms with Gasteiger partial charge in [0.1, 0.15) is 6.10 Å². The molecule has 1 aromatic rings. The highest BCUT2D eigenvalue weighted by Gasteiger charge is 2.53. The van der Waals surface area contributed by atoms with Crippen molar-refractivity contribution in [3.63, 3.8) is 0 Å². The molecule has 1 aliphatic carbocycles. The highest BCUT2D eigenvalue weighted by atomic mass is 32.1. The van der Waals surface area contributed by atoms with E-state index in [1.54, 1.807) is 0 Å². The lowest BCUT2D eigenvalue weighted by atomic mass is 9.77. The number of aliphatic hydroxyl groups excluding tert-OH is 2. The lowest BCUT2D eigenvalue weighted by Crippen LogP contribution is -2.61. The molecular formula is C20H30N4O3S. The predicted octanol–water partition coefficient (Wildman–Crippen LogP) is 0.155. The number of hydrogen-bond donors (Lipinski definition) is 4. The van der Waals surface area contributed by atoms with E-state index in [-0.39, 0.29) is 18.4 Å². The zero-order chi connectivity index (χ0) is 20.6. The Morgan fingerprint density at radius 3 is 2.54 bits per heavy atom. The molecule has 2 aliphatic rings. The van der Waals surface area contributed by atoms with Crippen LogP contribution in [-0.4, -0.2) is 77.6 Å². The highest BCUT2D eigenvalue weighted by Crippen LogP contribution is 2.37. The molecule has 0 bridgehead atoms. The van der Waals surface area contributed by atoms with E-state index in [2.05, 4.69) is 16.7 Å². The Balaban J connectivity index is 1.91. The number of thiocarbonyl (C=S) groups is 1. The zero-order valence-corrected chi connectivity index (χ0v) is 17.7. The van der Waals surface area contributed by atoms with E-state index in [4.69, 9.17) is 12.2 Å². The third-order valence-corrected chi connectivity index (χ3v) is 5.84. The minimum atomic E-state index is -0.982. The number of likely N-dealkylation sites (N-methyl/N-ethyl adjacent to an activating group) is 1. The van der Waals surface area contributed by atoms with Crippen molar-refractivity contribution in [1.82, 2.24) is 15.5 Å². The van der Waals surface area contributed by atoms with Gasteiger partial charge in [-0.3, -0.25) is 4.79 Å². The van der Waals surface area contributed by atoms with Gasteiger partial charge in [0.05, 0.1) is 24.1 Å². The van der Waals surface area contributed by atoms with Crippen LogP contribution in [0.5, 0.6) is 0 Å². The van der Waals surface area contributed by atoms with E-state index in [0.29, 0.717) is 11.7 Å². The van der Waals surface area contributed by atoms with Crippen LogP contribution in [0.15, 0.2) is 18.2 Å². The SMILES string of the molecule is Cc1cc(C)cc(N2C(=S)N[C@H]3[C@@H](O)[C@H](O)C[C@@H](C(=O)NCCN(C)C)[C@@H]32)c1. The summed E-state index contributed by atoms with van der Waals surface area (Å²) in [7, 11) is 3.90. The molecule has 0 spiro atoms. The first-order chi connectivity index (χ1) is 13.2. The van der Waals surface area contributed by atoms with Crippen molar-refractivity contribution in [3.05, 3.63) is 29.3 Å². The molecule has 8 heteroatoms. The van der Waals surface area contributed by atoms with Gasteiger partial charge in [-0.25, -0.2) is 0 Å². The molecule has 7 nitrogen and oxygen atoms in total. The van der Waals surface area contributed by atoms with Gasteiger partial charge in [-0.15, -0.1) is 0 Å². The van der Waals surface area contributed by atoms with Gasteiger partial charge in [0.25, 0.3) is 0 Å². The van der Waals surface area contributed by atoms with E-state index in [0.717, 1.165) is 23.4 Å². The first kappa shape index (κ1) is 21.0. The summed E-state index contributed by atoms with van der Waals surface area (Å²) in [5.74, 6) is -0.608. The molecule has 1 aliphatic heterocycles. The fourth-order valence-electron chi connectivity index (χ4n) is 4.26. The number of carbonyl (C=O) groups excluding carboxylic acids is 1. The second kappa shape index (κ2) is 8.32. The molecule has 0 radical (unpaired) electrons. The van der Waals surface area contributed by atoms with Crippen LogP contribution in [0.4, 0.5) is 5.69 Å². The maximum absolute atomic E-state index is 13.0. The molecule has 1 amide bonds. The Labute approximate surface area is 171 Å². The molecular weight excluding hydrogens is 376 g/mol. The maximum atomic E-state index is 13.0. The van der Waals surface area contributed by atoms with Gasteiger partial charge in [0, 0.05) is 18.8 Å². The second-order valence-electron chi connectivity index (χ2n) is 8.18. The Morgan fingerprint density at radius 1 is 1.29 bits per heavy atom. The molecule has 1 saturated carbocycles. The molecule has 0 aromatic heterocycles. The summed E-state index contributed by atoms with van der Waals surface area (Å²) in [6.45, 7) is 5.30. The summed E-state index contributed by atoms with van der Waals surface area (Å²) < 4.78 is 0. The van der Waals surface area contributed by atoms with Crippen LogP contribution in [0, 0.1) is 19.8 Å². The topological polar surface area (TPSA) is 88.1 Å². The Hall–Kier alpha value is -1.74. The number of nitrogens with one attached hydrogen (secondary N) is 2. The maximum Gasteiger partial charge on any atom is 0.225 e. The lowest BCUT2D eigenvalue weighted by Gasteiger charge is -2.41. The number of rotatable bonds is 5. The number of hydrogen-bond acceptors (Lipinski definition) is 5. The lowest BCUT2D eigenvalue weighted by molar-refractivity contribution is -0.131. The molecule has 1 saturated heterocycles. The van der Waals surface area contributed by atoms with Crippen molar-refractivity contribution in [2.75, 3.05) is 32.1 Å². The molecule has 1 aromatic carbocycles. The van der Waals surface area contributed by atoms with Gasteiger partial charge in [-0.05, 0) is 69.8 Å². The highest BCUT2D eigenvalue weighted by molar-refractivity contribution is 7.80. The van der Waals surface area contributed by atoms with Gasteiger partial charge in [0.15, 0.2) is 5.11 Å². The van der Waals surface area contributed by atoms with Crippen LogP contribution in [0.1, 0.15) is 17.5 Å². The van der Waals surface area contributed by atoms with Crippen LogP contribution in [0.25, 0.3) is 0 Å².